The lowest BCUT2D eigenvalue weighted by atomic mass is 10.0. The Kier molecular flexibility index (Phi) is 11.4. The summed E-state index contributed by atoms with van der Waals surface area (Å²) in [5.74, 6) is 0.342. The van der Waals surface area contributed by atoms with Crippen LogP contribution in [0.1, 0.15) is 111 Å². The predicted molar refractivity (Wildman–Crippen MR) is 104 cm³/mol. The number of rotatable bonds is 15. The second-order valence-corrected chi connectivity index (χ2v) is 7.50. The number of carbonyl (C=O) groups is 1. The highest BCUT2D eigenvalue weighted by molar-refractivity contribution is 5.78. The van der Waals surface area contributed by atoms with E-state index in [1.807, 2.05) is 0 Å². The Morgan fingerprint density at radius 1 is 0.875 bits per heavy atom. The zero-order valence-corrected chi connectivity index (χ0v) is 16.7. The van der Waals surface area contributed by atoms with E-state index in [0.29, 0.717) is 5.91 Å². The van der Waals surface area contributed by atoms with E-state index in [0.717, 1.165) is 38.8 Å². The van der Waals surface area contributed by atoms with Gasteiger partial charge < -0.3 is 4.90 Å². The lowest BCUT2D eigenvalue weighted by Gasteiger charge is -2.42. The van der Waals surface area contributed by atoms with Crippen LogP contribution in [0.3, 0.4) is 0 Å². The number of nitrogens with one attached hydrogen (secondary N) is 1. The topological polar surface area (TPSA) is 32.3 Å². The monoisotopic (exact) mass is 338 g/mol. The van der Waals surface area contributed by atoms with Crippen molar-refractivity contribution in [2.75, 3.05) is 13.1 Å². The standard InChI is InChI=1S/C21H42N2O/c1-4-7-8-9-10-11-12-13-14-15-18-22-21(5-2,6-3)23-19-16-17-20(23)24/h22H,4-19H2,1-3H3. The maximum atomic E-state index is 12.1. The average Bonchev–Trinajstić information content (AvgIpc) is 3.03. The molecular formula is C21H42N2O. The third-order valence-corrected chi connectivity index (χ3v) is 5.74. The largest absolute Gasteiger partial charge is 0.324 e. The number of hydrogen-bond donors (Lipinski definition) is 1. The molecule has 0 bridgehead atoms. The molecule has 3 nitrogen and oxygen atoms in total. The van der Waals surface area contributed by atoms with Crippen molar-refractivity contribution in [1.82, 2.24) is 10.2 Å². The molecule has 0 spiro atoms. The van der Waals surface area contributed by atoms with Crippen LogP contribution in [-0.4, -0.2) is 29.6 Å². The van der Waals surface area contributed by atoms with E-state index in [1.54, 1.807) is 0 Å². The van der Waals surface area contributed by atoms with E-state index in [-0.39, 0.29) is 5.66 Å². The molecule has 1 saturated heterocycles. The molecular weight excluding hydrogens is 296 g/mol. The van der Waals surface area contributed by atoms with Crippen LogP contribution in [0.4, 0.5) is 0 Å². The Hall–Kier alpha value is -0.570. The quantitative estimate of drug-likeness (QED) is 0.392. The number of nitrogens with zero attached hydrogens (tertiary/aromatic N) is 1. The van der Waals surface area contributed by atoms with Gasteiger partial charge in [0.1, 0.15) is 0 Å². The van der Waals surface area contributed by atoms with Crippen molar-refractivity contribution in [2.45, 2.75) is 116 Å². The van der Waals surface area contributed by atoms with Crippen LogP contribution in [-0.2, 0) is 4.79 Å². The van der Waals surface area contributed by atoms with Gasteiger partial charge in [0.15, 0.2) is 0 Å². The summed E-state index contributed by atoms with van der Waals surface area (Å²) >= 11 is 0. The highest BCUT2D eigenvalue weighted by atomic mass is 16.2. The summed E-state index contributed by atoms with van der Waals surface area (Å²) < 4.78 is 0. The van der Waals surface area contributed by atoms with Gasteiger partial charge in [-0.1, -0.05) is 78.6 Å². The van der Waals surface area contributed by atoms with Crippen LogP contribution in [0, 0.1) is 0 Å². The molecule has 24 heavy (non-hydrogen) atoms. The van der Waals surface area contributed by atoms with Crippen LogP contribution in [0.25, 0.3) is 0 Å². The number of unbranched alkanes of at least 4 members (excludes halogenated alkanes) is 9. The van der Waals surface area contributed by atoms with Gasteiger partial charge in [-0.3, -0.25) is 10.1 Å². The first kappa shape index (κ1) is 21.5. The Morgan fingerprint density at radius 3 is 1.88 bits per heavy atom. The molecule has 1 N–H and O–H groups in total. The minimum atomic E-state index is -0.0904. The van der Waals surface area contributed by atoms with Gasteiger partial charge in [-0.2, -0.15) is 0 Å². The predicted octanol–water partition coefficient (Wildman–Crippen LogP) is 5.64. The maximum Gasteiger partial charge on any atom is 0.224 e. The Bertz CT molecular complexity index is 326. The molecule has 0 radical (unpaired) electrons. The molecule has 0 saturated carbocycles. The summed E-state index contributed by atoms with van der Waals surface area (Å²) in [5, 5.41) is 3.74. The van der Waals surface area contributed by atoms with Crippen LogP contribution < -0.4 is 5.32 Å². The van der Waals surface area contributed by atoms with E-state index in [1.165, 1.54) is 64.2 Å². The fourth-order valence-corrected chi connectivity index (χ4v) is 4.01. The molecule has 0 aromatic carbocycles. The lowest BCUT2D eigenvalue weighted by molar-refractivity contribution is -0.135. The maximum absolute atomic E-state index is 12.1. The highest BCUT2D eigenvalue weighted by Crippen LogP contribution is 2.26. The van der Waals surface area contributed by atoms with Gasteiger partial charge in [-0.15, -0.1) is 0 Å². The second kappa shape index (κ2) is 12.7. The third kappa shape index (κ3) is 7.13. The second-order valence-electron chi connectivity index (χ2n) is 7.50. The van der Waals surface area contributed by atoms with Gasteiger partial charge in [0.05, 0.1) is 5.66 Å². The van der Waals surface area contributed by atoms with E-state index >= 15 is 0 Å². The van der Waals surface area contributed by atoms with E-state index in [4.69, 9.17) is 0 Å². The van der Waals surface area contributed by atoms with Crippen molar-refractivity contribution in [3.05, 3.63) is 0 Å². The molecule has 0 aromatic heterocycles. The van der Waals surface area contributed by atoms with Crippen molar-refractivity contribution < 1.29 is 4.79 Å². The summed E-state index contributed by atoms with van der Waals surface area (Å²) in [4.78, 5) is 14.2. The third-order valence-electron chi connectivity index (χ3n) is 5.74. The molecule has 0 unspecified atom stereocenters. The van der Waals surface area contributed by atoms with Gasteiger partial charge in [-0.05, 0) is 32.2 Å². The molecule has 3 heteroatoms. The van der Waals surface area contributed by atoms with Crippen LogP contribution in [0.15, 0.2) is 0 Å². The van der Waals surface area contributed by atoms with Crippen molar-refractivity contribution in [3.8, 4) is 0 Å². The molecule has 1 aliphatic heterocycles. The molecule has 1 aliphatic rings. The highest BCUT2D eigenvalue weighted by Gasteiger charge is 2.38. The fraction of sp³-hybridized carbons (Fsp3) is 0.952. The Labute approximate surface area is 151 Å². The minimum absolute atomic E-state index is 0.0904. The SMILES string of the molecule is CCCCCCCCCCCCNC(CC)(CC)N1CCCC1=O. The first-order valence-electron chi connectivity index (χ1n) is 10.8. The molecule has 0 aromatic rings. The number of amides is 1. The van der Waals surface area contributed by atoms with Gasteiger partial charge >= 0.3 is 0 Å². The van der Waals surface area contributed by atoms with Gasteiger partial charge in [0.25, 0.3) is 0 Å². The molecule has 1 heterocycles. The molecule has 0 atom stereocenters. The lowest BCUT2D eigenvalue weighted by Crippen LogP contribution is -2.58. The van der Waals surface area contributed by atoms with Crippen molar-refractivity contribution in [3.63, 3.8) is 0 Å². The summed E-state index contributed by atoms with van der Waals surface area (Å²) in [5.41, 5.74) is -0.0904. The van der Waals surface area contributed by atoms with Gasteiger partial charge in [0.2, 0.25) is 5.91 Å². The van der Waals surface area contributed by atoms with Gasteiger partial charge in [-0.25, -0.2) is 0 Å². The number of carbonyl (C=O) groups excluding carboxylic acids is 1. The van der Waals surface area contributed by atoms with Gasteiger partial charge in [0, 0.05) is 13.0 Å². The zero-order chi connectivity index (χ0) is 17.7. The molecule has 142 valence electrons. The zero-order valence-electron chi connectivity index (χ0n) is 16.7. The van der Waals surface area contributed by atoms with Crippen LogP contribution in [0.2, 0.25) is 0 Å². The molecule has 0 aliphatic carbocycles. The Balaban J connectivity index is 2.10. The van der Waals surface area contributed by atoms with E-state index in [2.05, 4.69) is 31.0 Å². The number of hydrogen-bond acceptors (Lipinski definition) is 2. The minimum Gasteiger partial charge on any atom is -0.324 e. The van der Waals surface area contributed by atoms with E-state index in [9.17, 15) is 4.79 Å². The molecule has 1 fully saturated rings. The summed E-state index contributed by atoms with van der Waals surface area (Å²) in [6.07, 6.45) is 17.5. The van der Waals surface area contributed by atoms with E-state index < -0.39 is 0 Å². The smallest absolute Gasteiger partial charge is 0.224 e. The average molecular weight is 339 g/mol. The van der Waals surface area contributed by atoms with Crippen molar-refractivity contribution in [2.24, 2.45) is 0 Å². The Morgan fingerprint density at radius 2 is 1.42 bits per heavy atom. The normalized spacial score (nSPS) is 15.5. The first-order chi connectivity index (χ1) is 11.7. The summed E-state index contributed by atoms with van der Waals surface area (Å²) in [7, 11) is 0. The molecule has 1 amide bonds. The fourth-order valence-electron chi connectivity index (χ4n) is 4.01. The summed E-state index contributed by atoms with van der Waals surface area (Å²) in [6.45, 7) is 8.67. The van der Waals surface area contributed by atoms with Crippen molar-refractivity contribution in [1.29, 1.82) is 0 Å². The summed E-state index contributed by atoms with van der Waals surface area (Å²) in [6, 6.07) is 0. The first-order valence-corrected chi connectivity index (χ1v) is 10.8. The van der Waals surface area contributed by atoms with Crippen molar-refractivity contribution >= 4 is 5.91 Å². The molecule has 1 rings (SSSR count). The van der Waals surface area contributed by atoms with Crippen LogP contribution >= 0.6 is 0 Å². The van der Waals surface area contributed by atoms with Crippen LogP contribution in [0.5, 0.6) is 0 Å². The number of likely N-dealkylation sites (tertiary alicyclic amines) is 1.